The largest absolute Gasteiger partial charge is 0.496 e. The summed E-state index contributed by atoms with van der Waals surface area (Å²) < 4.78 is 16.2. The number of hydrogen-bond donors (Lipinski definition) is 0. The molecule has 1 aliphatic rings. The van der Waals surface area contributed by atoms with Crippen molar-refractivity contribution in [3.63, 3.8) is 0 Å². The molecule has 8 nitrogen and oxygen atoms in total. The van der Waals surface area contributed by atoms with Gasteiger partial charge in [-0.2, -0.15) is 0 Å². The molecule has 3 aromatic carbocycles. The van der Waals surface area contributed by atoms with E-state index in [-0.39, 0.29) is 18.8 Å². The Bertz CT molecular complexity index is 1420. The lowest BCUT2D eigenvalue weighted by molar-refractivity contribution is -0.139. The third-order valence-electron chi connectivity index (χ3n) is 6.59. The second-order valence-corrected chi connectivity index (χ2v) is 8.89. The zero-order valence-electron chi connectivity index (χ0n) is 20.8. The maximum absolute atomic E-state index is 13.4. The number of nitrogens with zero attached hydrogens (tertiary/aromatic N) is 2. The van der Waals surface area contributed by atoms with E-state index in [1.54, 1.807) is 54.6 Å². The number of carbonyl (C=O) groups excluding carboxylic acids is 3. The van der Waals surface area contributed by atoms with Gasteiger partial charge < -0.3 is 14.0 Å². The van der Waals surface area contributed by atoms with Gasteiger partial charge >= 0.3 is 0 Å². The van der Waals surface area contributed by atoms with Crippen LogP contribution in [-0.2, 0) is 25.7 Å². The van der Waals surface area contributed by atoms with E-state index in [1.807, 2.05) is 30.3 Å². The molecule has 0 radical (unpaired) electrons. The minimum Gasteiger partial charge on any atom is -0.496 e. The molecule has 0 aliphatic carbocycles. The predicted octanol–water partition coefficient (Wildman–Crippen LogP) is 4.80. The van der Waals surface area contributed by atoms with E-state index in [4.69, 9.17) is 14.0 Å². The first-order valence-corrected chi connectivity index (χ1v) is 12.2. The predicted molar refractivity (Wildman–Crippen MR) is 139 cm³/mol. The molecule has 0 spiro atoms. The zero-order chi connectivity index (χ0) is 26.5. The van der Waals surface area contributed by atoms with E-state index >= 15 is 0 Å². The van der Waals surface area contributed by atoms with Crippen molar-refractivity contribution in [2.75, 3.05) is 18.6 Å². The van der Waals surface area contributed by atoms with Crippen molar-refractivity contribution in [3.05, 3.63) is 102 Å². The number of carbonyl (C=O) groups is 3. The van der Waals surface area contributed by atoms with Gasteiger partial charge in [-0.25, -0.2) is 0 Å². The van der Waals surface area contributed by atoms with Gasteiger partial charge in [0, 0.05) is 29.3 Å². The van der Waals surface area contributed by atoms with Gasteiger partial charge in [-0.1, -0.05) is 65.8 Å². The minimum absolute atomic E-state index is 0.00110. The highest BCUT2D eigenvalue weighted by Crippen LogP contribution is 2.43. The van der Waals surface area contributed by atoms with Crippen molar-refractivity contribution < 1.29 is 28.4 Å². The summed E-state index contributed by atoms with van der Waals surface area (Å²) in [5.41, 5.74) is 3.49. The van der Waals surface area contributed by atoms with E-state index < -0.39 is 23.7 Å². The molecule has 8 heteroatoms. The molecule has 192 valence electrons. The highest BCUT2D eigenvalue weighted by molar-refractivity contribution is 6.48. The molecule has 0 bridgehead atoms. The van der Waals surface area contributed by atoms with Crippen LogP contribution in [-0.4, -0.2) is 36.3 Å². The summed E-state index contributed by atoms with van der Waals surface area (Å²) in [7, 11) is 1.52. The number of aromatic nitrogens is 1. The summed E-state index contributed by atoms with van der Waals surface area (Å²) in [6.07, 6.45) is 1.48. The van der Waals surface area contributed by atoms with Gasteiger partial charge in [-0.3, -0.25) is 19.3 Å². The number of rotatable bonds is 10. The van der Waals surface area contributed by atoms with Gasteiger partial charge in [0.2, 0.25) is 5.78 Å². The van der Waals surface area contributed by atoms with Gasteiger partial charge in [0.25, 0.3) is 5.91 Å². The number of anilines is 1. The van der Waals surface area contributed by atoms with Crippen LogP contribution in [0.15, 0.2) is 95.7 Å². The molecule has 0 saturated carbocycles. The summed E-state index contributed by atoms with van der Waals surface area (Å²) in [4.78, 5) is 41.5. The number of hydrogen-bond acceptors (Lipinski definition) is 7. The number of ether oxygens (including phenoxy) is 2. The van der Waals surface area contributed by atoms with E-state index in [0.717, 1.165) is 11.1 Å². The second kappa shape index (κ2) is 11.2. The van der Waals surface area contributed by atoms with E-state index in [0.29, 0.717) is 29.3 Å². The van der Waals surface area contributed by atoms with Crippen molar-refractivity contribution in [3.8, 4) is 17.0 Å². The Hall–Kier alpha value is -4.56. The maximum Gasteiger partial charge on any atom is 0.295 e. The Morgan fingerprint density at radius 1 is 0.947 bits per heavy atom. The van der Waals surface area contributed by atoms with Gasteiger partial charge in [-0.05, 0) is 23.8 Å². The Kier molecular flexibility index (Phi) is 7.42. The van der Waals surface area contributed by atoms with Crippen LogP contribution in [0.3, 0.4) is 0 Å². The topological polar surface area (TPSA) is 98.9 Å². The van der Waals surface area contributed by atoms with Gasteiger partial charge in [0.05, 0.1) is 26.4 Å². The van der Waals surface area contributed by atoms with Gasteiger partial charge in [-0.15, -0.1) is 0 Å². The molecule has 38 heavy (non-hydrogen) atoms. The molecular formula is C30H26N2O6. The Morgan fingerprint density at radius 3 is 2.39 bits per heavy atom. The fourth-order valence-corrected chi connectivity index (χ4v) is 4.75. The fraction of sp³-hybridized carbons (Fsp3) is 0.200. The van der Waals surface area contributed by atoms with Crippen molar-refractivity contribution in [2.24, 2.45) is 5.92 Å². The quantitative estimate of drug-likeness (QED) is 0.172. The second-order valence-electron chi connectivity index (χ2n) is 8.89. The van der Waals surface area contributed by atoms with Crippen LogP contribution in [0, 0.1) is 5.92 Å². The lowest BCUT2D eigenvalue weighted by Crippen LogP contribution is -2.31. The number of Topliss-reactive ketones (excluding diaryl/α,β-unsaturated/α-hetero) is 2. The van der Waals surface area contributed by atoms with Crippen LogP contribution < -0.4 is 9.64 Å². The van der Waals surface area contributed by atoms with Gasteiger partial charge in [0.15, 0.2) is 0 Å². The van der Waals surface area contributed by atoms with E-state index in [2.05, 4.69) is 5.16 Å². The SMILES string of the molecule is COc1ccccc1C1C(C(=O)CCOCc2ccccc2)C(=O)C(=O)N1c1ccc(-c2ccon2)cc1. The van der Waals surface area contributed by atoms with Gasteiger partial charge in [0.1, 0.15) is 29.4 Å². The molecule has 2 heterocycles. The molecular weight excluding hydrogens is 484 g/mol. The van der Waals surface area contributed by atoms with E-state index in [1.165, 1.54) is 18.3 Å². The highest BCUT2D eigenvalue weighted by Gasteiger charge is 2.52. The van der Waals surface area contributed by atoms with Crippen LogP contribution in [0.2, 0.25) is 0 Å². The average molecular weight is 511 g/mol. The van der Waals surface area contributed by atoms with E-state index in [9.17, 15) is 14.4 Å². The Labute approximate surface area is 219 Å². The first-order chi connectivity index (χ1) is 18.6. The Morgan fingerprint density at radius 2 is 1.68 bits per heavy atom. The van der Waals surface area contributed by atoms with Crippen LogP contribution >= 0.6 is 0 Å². The summed E-state index contributed by atoms with van der Waals surface area (Å²) in [6.45, 7) is 0.488. The zero-order valence-corrected chi connectivity index (χ0v) is 20.8. The molecule has 5 rings (SSSR count). The summed E-state index contributed by atoms with van der Waals surface area (Å²) in [6, 6.07) is 24.6. The molecule has 1 aliphatic heterocycles. The third-order valence-corrected chi connectivity index (χ3v) is 6.59. The first kappa shape index (κ1) is 25.1. The number of methoxy groups -OCH3 is 1. The van der Waals surface area contributed by atoms with Crippen LogP contribution in [0.5, 0.6) is 5.75 Å². The third kappa shape index (κ3) is 4.99. The average Bonchev–Trinajstić information content (AvgIpc) is 3.59. The number of benzene rings is 3. The molecule has 0 N–H and O–H groups in total. The molecule has 2 atom stereocenters. The summed E-state index contributed by atoms with van der Waals surface area (Å²) in [5, 5.41) is 3.93. The first-order valence-electron chi connectivity index (χ1n) is 12.2. The van der Waals surface area contributed by atoms with Crippen LogP contribution in [0.4, 0.5) is 5.69 Å². The number of amides is 1. The van der Waals surface area contributed by atoms with Crippen molar-refractivity contribution >= 4 is 23.2 Å². The standard InChI is InChI=1S/C30H26N2O6/c1-36-26-10-6-5-9-23(26)28-27(25(33)16-17-37-19-20-7-3-2-4-8-20)29(34)30(35)32(28)22-13-11-21(12-14-22)24-15-18-38-31-24/h2-15,18,27-28H,16-17,19H2,1H3. The molecule has 1 aromatic heterocycles. The lowest BCUT2D eigenvalue weighted by Gasteiger charge is -2.28. The number of para-hydroxylation sites is 1. The van der Waals surface area contributed by atoms with Crippen molar-refractivity contribution in [1.29, 1.82) is 0 Å². The number of ketones is 2. The molecule has 4 aromatic rings. The smallest absolute Gasteiger partial charge is 0.295 e. The summed E-state index contributed by atoms with van der Waals surface area (Å²) >= 11 is 0. The van der Waals surface area contributed by atoms with Crippen LogP contribution in [0.1, 0.15) is 23.6 Å². The lowest BCUT2D eigenvalue weighted by atomic mass is 9.87. The molecule has 1 saturated heterocycles. The molecule has 2 unspecified atom stereocenters. The van der Waals surface area contributed by atoms with Crippen LogP contribution in [0.25, 0.3) is 11.3 Å². The highest BCUT2D eigenvalue weighted by atomic mass is 16.5. The summed E-state index contributed by atoms with van der Waals surface area (Å²) in [5.74, 6) is -2.53. The normalized spacial score (nSPS) is 17.1. The maximum atomic E-state index is 13.4. The molecule has 1 fully saturated rings. The molecule has 1 amide bonds. The van der Waals surface area contributed by atoms with Crippen molar-refractivity contribution in [1.82, 2.24) is 5.16 Å². The fourth-order valence-electron chi connectivity index (χ4n) is 4.75. The minimum atomic E-state index is -1.19. The Balaban J connectivity index is 1.43. The monoisotopic (exact) mass is 510 g/mol. The van der Waals surface area contributed by atoms with Crippen molar-refractivity contribution in [2.45, 2.75) is 19.1 Å².